The first-order valence-corrected chi connectivity index (χ1v) is 0. The fourth-order valence-electron chi connectivity index (χ4n) is 0. The minimum Gasteiger partial charge on any atom is -2.00 e. The fourth-order valence-corrected chi connectivity index (χ4v) is 0. The Balaban J connectivity index is 0. The van der Waals surface area contributed by atoms with Crippen LogP contribution in [0.15, 0.2) is 0 Å². The van der Waals surface area contributed by atoms with E-state index in [9.17, 15) is 0 Å². The van der Waals surface area contributed by atoms with E-state index in [1.165, 1.54) is 0 Å². The van der Waals surface area contributed by atoms with Gasteiger partial charge < -0.3 is 16.4 Å². The van der Waals surface area contributed by atoms with Crippen LogP contribution < -0.4 is 0 Å². The molecule has 0 atom stereocenters. The molecule has 0 fully saturated rings. The van der Waals surface area contributed by atoms with E-state index in [-0.39, 0.29) is 59.6 Å². The Morgan fingerprint density at radius 1 is 0.600 bits per heavy atom. The molecule has 0 spiro atoms. The Morgan fingerprint density at radius 3 is 0.600 bits per heavy atom. The summed E-state index contributed by atoms with van der Waals surface area (Å²) in [6, 6.07) is 0. The molecular weight excluding hydrogens is 120 g/mol. The van der Waals surface area contributed by atoms with Gasteiger partial charge in [0.2, 0.25) is 0 Å². The smallest absolute Gasteiger partial charge is 2.00 e. The van der Waals surface area contributed by atoms with Crippen molar-refractivity contribution < 1.29 is 42.3 Å². The van der Waals surface area contributed by atoms with Gasteiger partial charge in [0.15, 0.2) is 0 Å². The molecule has 0 aromatic carbocycles. The largest absolute Gasteiger partial charge is 3.00 e. The second kappa shape index (κ2) is 58.9. The van der Waals surface area contributed by atoms with Crippen molar-refractivity contribution in [2.24, 2.45) is 0 Å². The second-order valence-corrected chi connectivity index (χ2v) is 0. The Bertz CT molecular complexity index is 6.85. The minimum absolute atomic E-state index is 0. The van der Waals surface area contributed by atoms with Gasteiger partial charge in [-0.2, -0.15) is 0 Å². The van der Waals surface area contributed by atoms with Gasteiger partial charge in [-0.3, -0.25) is 0 Å². The molecule has 0 heterocycles. The quantitative estimate of drug-likeness (QED) is 0.377. The van der Waals surface area contributed by atoms with Gasteiger partial charge >= 0.3 is 43.2 Å². The molecular formula is AlO3Sc. The first-order valence-electron chi connectivity index (χ1n) is 0. The van der Waals surface area contributed by atoms with E-state index < -0.39 is 0 Å². The van der Waals surface area contributed by atoms with Gasteiger partial charge in [0.05, 0.1) is 0 Å². The van der Waals surface area contributed by atoms with E-state index >= 15 is 0 Å². The van der Waals surface area contributed by atoms with Crippen LogP contribution in [0.25, 0.3) is 0 Å². The van der Waals surface area contributed by atoms with Crippen LogP contribution in [0.2, 0.25) is 0 Å². The third-order valence-corrected chi connectivity index (χ3v) is 0. The average molecular weight is 120 g/mol. The molecule has 0 amide bonds. The standard InChI is InChI=1S/Al.3O.Sc/q+3;3*-2;+3. The summed E-state index contributed by atoms with van der Waals surface area (Å²) in [6.07, 6.45) is 0. The first-order chi connectivity index (χ1) is 0. The maximum absolute atomic E-state index is 0. The van der Waals surface area contributed by atoms with Gasteiger partial charge in [0.25, 0.3) is 0 Å². The van der Waals surface area contributed by atoms with Crippen LogP contribution in [0.3, 0.4) is 0 Å². The van der Waals surface area contributed by atoms with Gasteiger partial charge in [-0.1, -0.05) is 0 Å². The van der Waals surface area contributed by atoms with E-state index in [0.717, 1.165) is 0 Å². The van der Waals surface area contributed by atoms with Crippen molar-refractivity contribution in [3.8, 4) is 0 Å². The average Bonchev–Trinajstić information content (AvgIpc) is 0. The zero-order valence-corrected chi connectivity index (χ0v) is 5.34. The van der Waals surface area contributed by atoms with Gasteiger partial charge in [-0.05, 0) is 0 Å². The molecule has 0 aromatic heterocycles. The molecule has 0 saturated carbocycles. The number of rotatable bonds is 0. The summed E-state index contributed by atoms with van der Waals surface area (Å²) < 4.78 is 0. The predicted molar refractivity (Wildman–Crippen MR) is 7.81 cm³/mol. The molecule has 0 unspecified atom stereocenters. The molecule has 0 aliphatic heterocycles. The molecule has 0 saturated heterocycles. The van der Waals surface area contributed by atoms with E-state index in [2.05, 4.69) is 0 Å². The van der Waals surface area contributed by atoms with Crippen molar-refractivity contribution in [3.63, 3.8) is 0 Å². The molecule has 3 nitrogen and oxygen atoms in total. The summed E-state index contributed by atoms with van der Waals surface area (Å²) in [5.74, 6) is 0. The third kappa shape index (κ3) is 34.6. The molecule has 0 radical (unpaired) electrons. The van der Waals surface area contributed by atoms with Gasteiger partial charge in [-0.15, -0.1) is 0 Å². The molecule has 24 valence electrons. The second-order valence-electron chi connectivity index (χ2n) is 0. The van der Waals surface area contributed by atoms with Crippen molar-refractivity contribution in [3.05, 3.63) is 0 Å². The molecule has 5 heteroatoms. The fraction of sp³-hybridized carbons (Fsp3) is 0. The zero-order valence-electron chi connectivity index (χ0n) is 2.38. The summed E-state index contributed by atoms with van der Waals surface area (Å²) in [5, 5.41) is 0. The molecule has 0 aromatic rings. The summed E-state index contributed by atoms with van der Waals surface area (Å²) in [7, 11) is 0. The maximum Gasteiger partial charge on any atom is 3.00 e. The molecule has 0 bridgehead atoms. The Morgan fingerprint density at radius 2 is 0.600 bits per heavy atom. The molecule has 0 rings (SSSR count). The van der Waals surface area contributed by atoms with Gasteiger partial charge in [-0.25, -0.2) is 0 Å². The number of hydrogen-bond donors (Lipinski definition) is 0. The van der Waals surface area contributed by atoms with E-state index in [1.54, 1.807) is 0 Å². The predicted octanol–water partition coefficient (Wildman–Crippen LogP) is -0.740. The van der Waals surface area contributed by atoms with Crippen LogP contribution in [0.4, 0.5) is 0 Å². The van der Waals surface area contributed by atoms with Crippen molar-refractivity contribution in [2.75, 3.05) is 0 Å². The van der Waals surface area contributed by atoms with Crippen LogP contribution in [-0.2, 0) is 42.3 Å². The zero-order chi connectivity index (χ0) is 0. The molecule has 0 aliphatic carbocycles. The third-order valence-electron chi connectivity index (χ3n) is 0. The van der Waals surface area contributed by atoms with Gasteiger partial charge in [0, 0.05) is 0 Å². The SMILES string of the molecule is [Al+3].[O-2].[O-2].[O-2].[Sc+3]. The topological polar surface area (TPSA) is 85.5 Å². The monoisotopic (exact) mass is 120 g/mol. The number of hydrogen-bond acceptors (Lipinski definition) is 0. The Hall–Kier alpha value is 1.28. The summed E-state index contributed by atoms with van der Waals surface area (Å²) in [5.41, 5.74) is 0. The van der Waals surface area contributed by atoms with Crippen LogP contribution in [0, 0.1) is 0 Å². The molecule has 0 N–H and O–H groups in total. The maximum atomic E-state index is 0. The van der Waals surface area contributed by atoms with Crippen molar-refractivity contribution in [1.82, 2.24) is 0 Å². The minimum atomic E-state index is 0. The Labute approximate surface area is 59.6 Å². The summed E-state index contributed by atoms with van der Waals surface area (Å²) in [4.78, 5) is 0. The van der Waals surface area contributed by atoms with Crippen LogP contribution in [0.5, 0.6) is 0 Å². The normalized spacial score (nSPS) is 0. The molecule has 0 aliphatic rings. The first kappa shape index (κ1) is 107. The summed E-state index contributed by atoms with van der Waals surface area (Å²) >= 11 is 0. The van der Waals surface area contributed by atoms with E-state index in [1.807, 2.05) is 0 Å². The van der Waals surface area contributed by atoms with E-state index in [4.69, 9.17) is 0 Å². The van der Waals surface area contributed by atoms with Crippen molar-refractivity contribution in [1.29, 1.82) is 0 Å². The Kier molecular flexibility index (Phi) is 1260. The van der Waals surface area contributed by atoms with E-state index in [0.29, 0.717) is 0 Å². The molecule has 5 heavy (non-hydrogen) atoms. The summed E-state index contributed by atoms with van der Waals surface area (Å²) in [6.45, 7) is 0. The van der Waals surface area contributed by atoms with Crippen LogP contribution >= 0.6 is 0 Å². The van der Waals surface area contributed by atoms with Crippen LogP contribution in [-0.4, -0.2) is 17.4 Å². The van der Waals surface area contributed by atoms with Crippen LogP contribution in [0.1, 0.15) is 0 Å². The van der Waals surface area contributed by atoms with Crippen molar-refractivity contribution in [2.45, 2.75) is 0 Å². The van der Waals surface area contributed by atoms with Crippen molar-refractivity contribution >= 4 is 17.4 Å². The van der Waals surface area contributed by atoms with Gasteiger partial charge in [0.1, 0.15) is 0 Å².